The third kappa shape index (κ3) is 4.05. The van der Waals surface area contributed by atoms with E-state index >= 15 is 0 Å². The average Bonchev–Trinajstić information content (AvgIpc) is 2.80. The number of halogens is 2. The smallest absolute Gasteiger partial charge is 0.321 e. The van der Waals surface area contributed by atoms with Crippen LogP contribution >= 0.6 is 0 Å². The molecule has 2 fully saturated rings. The number of carbonyl (C=O) groups is 2. The van der Waals surface area contributed by atoms with Crippen LogP contribution in [0.15, 0.2) is 18.2 Å². The van der Waals surface area contributed by atoms with Gasteiger partial charge in [0.25, 0.3) is 0 Å². The topological polar surface area (TPSA) is 55.9 Å². The molecule has 2 aliphatic rings. The van der Waals surface area contributed by atoms with Crippen LogP contribution in [0.4, 0.5) is 19.3 Å². The van der Waals surface area contributed by atoms with Crippen LogP contribution < -0.4 is 5.32 Å². The summed E-state index contributed by atoms with van der Waals surface area (Å²) in [5.74, 6) is -1.79. The number of anilines is 1. The van der Waals surface area contributed by atoms with Gasteiger partial charge in [0.1, 0.15) is 0 Å². The standard InChI is InChI=1S/C19H26F2N4O2/c1-3-24-9-8-19(7-6-17(24)26)13-25(11-10-23(19)2)18(27)22-14-4-5-15(20)16(21)12-14/h4-5,12H,3,6-11,13H2,1-2H3,(H,22,27)/t19-/m0/s1. The van der Waals surface area contributed by atoms with E-state index in [4.69, 9.17) is 0 Å². The summed E-state index contributed by atoms with van der Waals surface area (Å²) in [5.41, 5.74) is -0.0245. The number of nitrogens with one attached hydrogen (secondary N) is 1. The fraction of sp³-hybridized carbons (Fsp3) is 0.579. The normalized spacial score (nSPS) is 24.2. The molecule has 1 atom stereocenters. The Labute approximate surface area is 158 Å². The van der Waals surface area contributed by atoms with Crippen molar-refractivity contribution >= 4 is 17.6 Å². The van der Waals surface area contributed by atoms with Gasteiger partial charge in [0.15, 0.2) is 11.6 Å². The lowest BCUT2D eigenvalue weighted by Crippen LogP contribution is -2.62. The number of carbonyl (C=O) groups excluding carboxylic acids is 2. The van der Waals surface area contributed by atoms with E-state index in [0.29, 0.717) is 45.6 Å². The third-order valence-electron chi connectivity index (χ3n) is 5.84. The van der Waals surface area contributed by atoms with Gasteiger partial charge in [0.05, 0.1) is 0 Å². The Bertz CT molecular complexity index is 730. The minimum atomic E-state index is -0.996. The van der Waals surface area contributed by atoms with E-state index in [1.807, 2.05) is 18.9 Å². The molecule has 0 saturated carbocycles. The van der Waals surface area contributed by atoms with E-state index in [-0.39, 0.29) is 23.2 Å². The minimum absolute atomic E-state index is 0.158. The number of hydrogen-bond acceptors (Lipinski definition) is 3. The highest BCUT2D eigenvalue weighted by Gasteiger charge is 2.43. The zero-order valence-corrected chi connectivity index (χ0v) is 15.8. The van der Waals surface area contributed by atoms with Crippen molar-refractivity contribution < 1.29 is 18.4 Å². The number of piperazine rings is 1. The van der Waals surface area contributed by atoms with Crippen LogP contribution in [0.5, 0.6) is 0 Å². The molecule has 0 unspecified atom stereocenters. The molecule has 1 aromatic rings. The van der Waals surface area contributed by atoms with Crippen LogP contribution in [-0.4, -0.2) is 71.9 Å². The van der Waals surface area contributed by atoms with E-state index < -0.39 is 11.6 Å². The van der Waals surface area contributed by atoms with Crippen LogP contribution in [0, 0.1) is 11.6 Å². The average molecular weight is 380 g/mol. The lowest BCUT2D eigenvalue weighted by Gasteiger charge is -2.49. The molecular weight excluding hydrogens is 354 g/mol. The van der Waals surface area contributed by atoms with Crippen molar-refractivity contribution in [1.29, 1.82) is 0 Å². The second-order valence-electron chi connectivity index (χ2n) is 7.35. The first-order valence-electron chi connectivity index (χ1n) is 9.34. The summed E-state index contributed by atoms with van der Waals surface area (Å²) < 4.78 is 26.4. The van der Waals surface area contributed by atoms with Gasteiger partial charge in [-0.1, -0.05) is 0 Å². The van der Waals surface area contributed by atoms with E-state index in [2.05, 4.69) is 10.2 Å². The number of benzene rings is 1. The molecular formula is C19H26F2N4O2. The summed E-state index contributed by atoms with van der Waals surface area (Å²) in [4.78, 5) is 30.7. The Hall–Kier alpha value is -2.22. The molecule has 148 valence electrons. The van der Waals surface area contributed by atoms with Crippen molar-refractivity contribution in [3.05, 3.63) is 29.8 Å². The first kappa shape index (κ1) is 19.5. The summed E-state index contributed by atoms with van der Waals surface area (Å²) in [6, 6.07) is 2.97. The van der Waals surface area contributed by atoms with Crippen LogP contribution in [0.2, 0.25) is 0 Å². The molecule has 0 bridgehead atoms. The Balaban J connectivity index is 1.71. The molecule has 27 heavy (non-hydrogen) atoms. The number of rotatable bonds is 2. The van der Waals surface area contributed by atoms with Gasteiger partial charge in [0.2, 0.25) is 5.91 Å². The second kappa shape index (κ2) is 7.80. The van der Waals surface area contributed by atoms with E-state index in [0.717, 1.165) is 18.6 Å². The van der Waals surface area contributed by atoms with Gasteiger partial charge in [0, 0.05) is 56.4 Å². The van der Waals surface area contributed by atoms with Crippen molar-refractivity contribution in [3.63, 3.8) is 0 Å². The molecule has 1 aromatic carbocycles. The molecule has 6 nitrogen and oxygen atoms in total. The molecule has 2 heterocycles. The monoisotopic (exact) mass is 380 g/mol. The molecule has 0 aliphatic carbocycles. The van der Waals surface area contributed by atoms with Gasteiger partial charge in [-0.25, -0.2) is 13.6 Å². The molecule has 1 spiro atoms. The van der Waals surface area contributed by atoms with Crippen LogP contribution in [-0.2, 0) is 4.79 Å². The minimum Gasteiger partial charge on any atom is -0.343 e. The Morgan fingerprint density at radius 2 is 1.96 bits per heavy atom. The van der Waals surface area contributed by atoms with Crippen LogP contribution in [0.1, 0.15) is 26.2 Å². The van der Waals surface area contributed by atoms with Crippen LogP contribution in [0.3, 0.4) is 0 Å². The first-order valence-corrected chi connectivity index (χ1v) is 9.34. The summed E-state index contributed by atoms with van der Waals surface area (Å²) >= 11 is 0. The molecule has 0 aromatic heterocycles. The van der Waals surface area contributed by atoms with Crippen molar-refractivity contribution in [2.24, 2.45) is 0 Å². The number of urea groups is 1. The fourth-order valence-corrected chi connectivity index (χ4v) is 3.98. The van der Waals surface area contributed by atoms with E-state index in [1.54, 1.807) is 4.90 Å². The predicted octanol–water partition coefficient (Wildman–Crippen LogP) is 2.52. The van der Waals surface area contributed by atoms with Gasteiger partial charge in [-0.05, 0) is 38.9 Å². The highest BCUT2D eigenvalue weighted by Crippen LogP contribution is 2.32. The maximum absolute atomic E-state index is 13.4. The van der Waals surface area contributed by atoms with Crippen LogP contribution in [0.25, 0.3) is 0 Å². The fourth-order valence-electron chi connectivity index (χ4n) is 3.98. The SMILES string of the molecule is CCN1CC[C@@]2(CCC1=O)CN(C(=O)Nc1ccc(F)c(F)c1)CCN2C. The molecule has 3 amide bonds. The van der Waals surface area contributed by atoms with E-state index in [1.165, 1.54) is 6.07 Å². The zero-order chi connectivity index (χ0) is 19.6. The van der Waals surface area contributed by atoms with Gasteiger partial charge < -0.3 is 15.1 Å². The van der Waals surface area contributed by atoms with Gasteiger partial charge >= 0.3 is 6.03 Å². The number of hydrogen-bond donors (Lipinski definition) is 1. The van der Waals surface area contributed by atoms with Crippen molar-refractivity contribution in [3.8, 4) is 0 Å². The summed E-state index contributed by atoms with van der Waals surface area (Å²) in [6.45, 7) is 5.09. The Morgan fingerprint density at radius 1 is 1.19 bits per heavy atom. The number of likely N-dealkylation sites (tertiary alicyclic amines) is 1. The molecule has 2 aliphatic heterocycles. The van der Waals surface area contributed by atoms with Gasteiger partial charge in [-0.15, -0.1) is 0 Å². The first-order chi connectivity index (χ1) is 12.8. The van der Waals surface area contributed by atoms with E-state index in [9.17, 15) is 18.4 Å². The predicted molar refractivity (Wildman–Crippen MR) is 98.4 cm³/mol. The number of likely N-dealkylation sites (N-methyl/N-ethyl adjacent to an activating group) is 1. The van der Waals surface area contributed by atoms with Gasteiger partial charge in [-0.2, -0.15) is 0 Å². The summed E-state index contributed by atoms with van der Waals surface area (Å²) in [5, 5.41) is 2.65. The lowest BCUT2D eigenvalue weighted by molar-refractivity contribution is -0.130. The highest BCUT2D eigenvalue weighted by molar-refractivity contribution is 5.89. The second-order valence-corrected chi connectivity index (χ2v) is 7.35. The number of nitrogens with zero attached hydrogens (tertiary/aromatic N) is 3. The number of amides is 3. The van der Waals surface area contributed by atoms with Crippen molar-refractivity contribution in [2.45, 2.75) is 31.7 Å². The van der Waals surface area contributed by atoms with Gasteiger partial charge in [-0.3, -0.25) is 9.69 Å². The molecule has 2 saturated heterocycles. The lowest BCUT2D eigenvalue weighted by atomic mass is 9.86. The Morgan fingerprint density at radius 3 is 2.67 bits per heavy atom. The maximum atomic E-state index is 13.4. The van der Waals surface area contributed by atoms with Crippen molar-refractivity contribution in [1.82, 2.24) is 14.7 Å². The quantitative estimate of drug-likeness (QED) is 0.858. The molecule has 1 N–H and O–H groups in total. The molecule has 8 heteroatoms. The third-order valence-corrected chi connectivity index (χ3v) is 5.84. The largest absolute Gasteiger partial charge is 0.343 e. The summed E-state index contributed by atoms with van der Waals surface area (Å²) in [7, 11) is 2.04. The highest BCUT2D eigenvalue weighted by atomic mass is 19.2. The summed E-state index contributed by atoms with van der Waals surface area (Å²) in [6.07, 6.45) is 1.97. The Kier molecular flexibility index (Phi) is 5.64. The van der Waals surface area contributed by atoms with Crippen molar-refractivity contribution in [2.75, 3.05) is 45.1 Å². The molecule has 3 rings (SSSR count). The maximum Gasteiger partial charge on any atom is 0.321 e. The molecule has 0 radical (unpaired) electrons. The zero-order valence-electron chi connectivity index (χ0n) is 15.8.